The average molecular weight is 245 g/mol. The molecule has 1 saturated heterocycles. The fraction of sp³-hybridized carbons (Fsp3) is 0.500. The molecule has 4 nitrogen and oxygen atoms in total. The molecule has 0 radical (unpaired) electrons. The molecule has 18 heavy (non-hydrogen) atoms. The molecule has 4 heteroatoms. The van der Waals surface area contributed by atoms with E-state index in [2.05, 4.69) is 21.2 Å². The number of imidazole rings is 1. The van der Waals surface area contributed by atoms with Crippen LogP contribution in [0.4, 0.5) is 0 Å². The first kappa shape index (κ1) is 11.5. The van der Waals surface area contributed by atoms with E-state index >= 15 is 0 Å². The molecule has 0 unspecified atom stereocenters. The lowest BCUT2D eigenvalue weighted by Gasteiger charge is -2.30. The molecule has 0 aromatic carbocycles. The molecular weight excluding hydrogens is 226 g/mol. The maximum absolute atomic E-state index is 9.47. The predicted molar refractivity (Wildman–Crippen MR) is 70.9 cm³/mol. The van der Waals surface area contributed by atoms with E-state index in [0.29, 0.717) is 11.7 Å². The average Bonchev–Trinajstić information content (AvgIpc) is 2.81. The van der Waals surface area contributed by atoms with Crippen molar-refractivity contribution in [1.82, 2.24) is 14.3 Å². The minimum Gasteiger partial charge on any atom is -0.508 e. The number of rotatable bonds is 2. The number of hydrogen-bond donors (Lipinski definition) is 1. The van der Waals surface area contributed by atoms with E-state index < -0.39 is 0 Å². The van der Waals surface area contributed by atoms with Gasteiger partial charge in [0.15, 0.2) is 0 Å². The summed E-state index contributed by atoms with van der Waals surface area (Å²) in [6.07, 6.45) is 6.11. The van der Waals surface area contributed by atoms with Gasteiger partial charge in [-0.3, -0.25) is 0 Å². The number of pyridine rings is 1. The lowest BCUT2D eigenvalue weighted by molar-refractivity contribution is 0.219. The quantitative estimate of drug-likeness (QED) is 0.882. The van der Waals surface area contributed by atoms with Gasteiger partial charge in [0.05, 0.1) is 11.7 Å². The Hall–Kier alpha value is -1.55. The predicted octanol–water partition coefficient (Wildman–Crippen LogP) is 2.24. The highest BCUT2D eigenvalue weighted by molar-refractivity contribution is 5.50. The van der Waals surface area contributed by atoms with Crippen LogP contribution in [-0.2, 0) is 0 Å². The maximum Gasteiger partial charge on any atom is 0.119 e. The van der Waals surface area contributed by atoms with Crippen molar-refractivity contribution < 1.29 is 5.11 Å². The summed E-state index contributed by atoms with van der Waals surface area (Å²) in [5.41, 5.74) is 0.975. The van der Waals surface area contributed by atoms with Gasteiger partial charge in [-0.05, 0) is 38.5 Å². The zero-order valence-electron chi connectivity index (χ0n) is 10.7. The van der Waals surface area contributed by atoms with Crippen LogP contribution in [0, 0.1) is 0 Å². The molecule has 3 rings (SSSR count). The number of likely N-dealkylation sites (tertiary alicyclic amines) is 1. The summed E-state index contributed by atoms with van der Waals surface area (Å²) >= 11 is 0. The maximum atomic E-state index is 9.47. The highest BCUT2D eigenvalue weighted by Crippen LogP contribution is 2.28. The second kappa shape index (κ2) is 4.61. The number of nitrogens with zero attached hydrogens (tertiary/aromatic N) is 3. The first-order chi connectivity index (χ1) is 8.78. The molecule has 1 N–H and O–H groups in total. The summed E-state index contributed by atoms with van der Waals surface area (Å²) in [6.45, 7) is 5.68. The van der Waals surface area contributed by atoms with Gasteiger partial charge >= 0.3 is 0 Å². The van der Waals surface area contributed by atoms with Gasteiger partial charge in [-0.25, -0.2) is 4.98 Å². The number of aromatic nitrogens is 2. The van der Waals surface area contributed by atoms with E-state index in [1.165, 1.54) is 12.8 Å². The number of fused-ring (bicyclic) bond motifs is 1. The number of piperidine rings is 1. The Morgan fingerprint density at radius 1 is 1.39 bits per heavy atom. The van der Waals surface area contributed by atoms with Crippen molar-refractivity contribution in [2.75, 3.05) is 19.6 Å². The Morgan fingerprint density at radius 2 is 2.17 bits per heavy atom. The summed E-state index contributed by atoms with van der Waals surface area (Å²) in [4.78, 5) is 7.03. The van der Waals surface area contributed by atoms with Crippen molar-refractivity contribution in [3.05, 3.63) is 30.4 Å². The van der Waals surface area contributed by atoms with E-state index in [9.17, 15) is 5.11 Å². The van der Waals surface area contributed by atoms with Crippen molar-refractivity contribution in [3.63, 3.8) is 0 Å². The fourth-order valence-corrected chi connectivity index (χ4v) is 2.82. The van der Waals surface area contributed by atoms with E-state index in [4.69, 9.17) is 0 Å². The molecule has 3 heterocycles. The largest absolute Gasteiger partial charge is 0.508 e. The summed E-state index contributed by atoms with van der Waals surface area (Å²) in [6, 6.07) is 3.48. The van der Waals surface area contributed by atoms with Crippen molar-refractivity contribution >= 4 is 5.52 Å². The molecule has 0 saturated carbocycles. The first-order valence-electron chi connectivity index (χ1n) is 6.66. The molecule has 0 atom stereocenters. The van der Waals surface area contributed by atoms with Crippen LogP contribution in [0.3, 0.4) is 0 Å². The molecular formula is C14H19N3O. The summed E-state index contributed by atoms with van der Waals surface area (Å²) in [5, 5.41) is 9.47. The molecule has 0 aliphatic carbocycles. The molecule has 0 spiro atoms. The second-order valence-electron chi connectivity index (χ2n) is 5.00. The van der Waals surface area contributed by atoms with Crippen LogP contribution in [0.15, 0.2) is 24.5 Å². The molecule has 2 aromatic rings. The van der Waals surface area contributed by atoms with E-state index in [1.54, 1.807) is 12.1 Å². The van der Waals surface area contributed by atoms with Crippen molar-refractivity contribution in [2.24, 2.45) is 0 Å². The van der Waals surface area contributed by atoms with Crippen LogP contribution in [0.5, 0.6) is 5.75 Å². The van der Waals surface area contributed by atoms with Crippen LogP contribution in [0.25, 0.3) is 5.52 Å². The lowest BCUT2D eigenvalue weighted by Crippen LogP contribution is -2.33. The van der Waals surface area contributed by atoms with E-state index in [0.717, 1.165) is 31.0 Å². The van der Waals surface area contributed by atoms with Crippen LogP contribution in [0.2, 0.25) is 0 Å². The van der Waals surface area contributed by atoms with Gasteiger partial charge in [0.1, 0.15) is 11.6 Å². The van der Waals surface area contributed by atoms with E-state index in [-0.39, 0.29) is 0 Å². The van der Waals surface area contributed by atoms with Gasteiger partial charge < -0.3 is 14.4 Å². The molecule has 96 valence electrons. The highest BCUT2D eigenvalue weighted by Gasteiger charge is 2.22. The monoisotopic (exact) mass is 245 g/mol. The molecule has 1 aliphatic rings. The SMILES string of the molecule is CCN1CCC(c2ncc3cc(O)ccn23)CC1. The molecule has 0 amide bonds. The topological polar surface area (TPSA) is 40.8 Å². The normalized spacial score (nSPS) is 18.5. The van der Waals surface area contributed by atoms with Crippen molar-refractivity contribution in [2.45, 2.75) is 25.7 Å². The third-order valence-corrected chi connectivity index (χ3v) is 3.94. The number of hydrogen-bond acceptors (Lipinski definition) is 3. The molecule has 2 aromatic heterocycles. The molecule has 1 aliphatic heterocycles. The van der Waals surface area contributed by atoms with Crippen LogP contribution >= 0.6 is 0 Å². The van der Waals surface area contributed by atoms with Crippen molar-refractivity contribution in [1.29, 1.82) is 0 Å². The second-order valence-corrected chi connectivity index (χ2v) is 5.00. The Bertz CT molecular complexity index is 541. The van der Waals surface area contributed by atoms with Crippen LogP contribution < -0.4 is 0 Å². The Kier molecular flexibility index (Phi) is 2.96. The minimum atomic E-state index is 0.301. The lowest BCUT2D eigenvalue weighted by atomic mass is 9.96. The Labute approximate surface area is 107 Å². The zero-order chi connectivity index (χ0) is 12.5. The van der Waals surface area contributed by atoms with Gasteiger partial charge in [0.25, 0.3) is 0 Å². The third kappa shape index (κ3) is 1.97. The summed E-state index contributed by atoms with van der Waals surface area (Å²) in [5.74, 6) is 1.98. The molecule has 1 fully saturated rings. The van der Waals surface area contributed by atoms with Crippen molar-refractivity contribution in [3.8, 4) is 5.75 Å². The van der Waals surface area contributed by atoms with Gasteiger partial charge in [-0.2, -0.15) is 0 Å². The standard InChI is InChI=1S/C14H19N3O/c1-2-16-6-3-11(4-7-16)14-15-10-12-9-13(18)5-8-17(12)14/h5,8-11,18H,2-4,6-7H2,1H3. The fourth-order valence-electron chi connectivity index (χ4n) is 2.82. The molecule has 0 bridgehead atoms. The smallest absolute Gasteiger partial charge is 0.119 e. The Balaban J connectivity index is 1.87. The number of aromatic hydroxyl groups is 1. The van der Waals surface area contributed by atoms with Crippen LogP contribution in [0.1, 0.15) is 31.5 Å². The zero-order valence-corrected chi connectivity index (χ0v) is 10.7. The Morgan fingerprint density at radius 3 is 2.89 bits per heavy atom. The van der Waals surface area contributed by atoms with E-state index in [1.807, 2.05) is 12.4 Å². The minimum absolute atomic E-state index is 0.301. The van der Waals surface area contributed by atoms with Gasteiger partial charge in [-0.1, -0.05) is 6.92 Å². The first-order valence-corrected chi connectivity index (χ1v) is 6.66. The highest BCUT2D eigenvalue weighted by atomic mass is 16.3. The summed E-state index contributed by atoms with van der Waals surface area (Å²) < 4.78 is 2.10. The third-order valence-electron chi connectivity index (χ3n) is 3.94. The van der Waals surface area contributed by atoms with Gasteiger partial charge in [-0.15, -0.1) is 0 Å². The van der Waals surface area contributed by atoms with Crippen LogP contribution in [-0.4, -0.2) is 39.0 Å². The van der Waals surface area contributed by atoms with Gasteiger partial charge in [0.2, 0.25) is 0 Å². The van der Waals surface area contributed by atoms with Gasteiger partial charge in [0, 0.05) is 18.2 Å². The summed E-state index contributed by atoms with van der Waals surface area (Å²) in [7, 11) is 0.